The van der Waals surface area contributed by atoms with Crippen molar-refractivity contribution in [2.24, 2.45) is 5.41 Å². The van der Waals surface area contributed by atoms with Crippen molar-refractivity contribution in [3.05, 3.63) is 54.1 Å². The van der Waals surface area contributed by atoms with Crippen molar-refractivity contribution in [2.75, 3.05) is 18.5 Å². The second kappa shape index (κ2) is 5.05. The molecule has 0 saturated heterocycles. The van der Waals surface area contributed by atoms with E-state index in [9.17, 15) is 4.79 Å². The molecule has 2 aromatic rings. The first-order valence-corrected chi connectivity index (χ1v) is 7.50. The van der Waals surface area contributed by atoms with Crippen LogP contribution >= 0.6 is 0 Å². The molecule has 0 bridgehead atoms. The molecule has 4 heteroatoms. The number of nitrogens with one attached hydrogen (secondary N) is 1. The highest BCUT2D eigenvalue weighted by molar-refractivity contribution is 6.04. The number of hydrogen-bond acceptors (Lipinski definition) is 3. The van der Waals surface area contributed by atoms with Crippen LogP contribution in [-0.2, 0) is 0 Å². The van der Waals surface area contributed by atoms with Crippen molar-refractivity contribution in [3.8, 4) is 11.5 Å². The fourth-order valence-corrected chi connectivity index (χ4v) is 2.57. The van der Waals surface area contributed by atoms with Crippen LogP contribution < -0.4 is 14.8 Å². The minimum absolute atomic E-state index is 0.150. The fraction of sp³-hybridized carbons (Fsp3) is 0.278. The van der Waals surface area contributed by atoms with Gasteiger partial charge >= 0.3 is 0 Å². The number of hydrogen-bond donors (Lipinski definition) is 1. The Bertz CT molecular complexity index is 708. The van der Waals surface area contributed by atoms with Crippen molar-refractivity contribution in [2.45, 2.75) is 12.8 Å². The molecule has 1 N–H and O–H groups in total. The van der Waals surface area contributed by atoms with Crippen molar-refractivity contribution < 1.29 is 14.3 Å². The first-order valence-electron chi connectivity index (χ1n) is 7.50. The van der Waals surface area contributed by atoms with Crippen LogP contribution in [0.15, 0.2) is 48.5 Å². The van der Waals surface area contributed by atoms with Gasteiger partial charge in [0.05, 0.1) is 13.2 Å². The van der Waals surface area contributed by atoms with E-state index >= 15 is 0 Å². The van der Waals surface area contributed by atoms with Gasteiger partial charge in [-0.05, 0) is 43.2 Å². The maximum absolute atomic E-state index is 12.3. The molecule has 0 aromatic heterocycles. The van der Waals surface area contributed by atoms with E-state index in [1.807, 2.05) is 36.4 Å². The maximum Gasteiger partial charge on any atom is 0.255 e. The molecule has 2 aromatic carbocycles. The van der Waals surface area contributed by atoms with Crippen LogP contribution in [0.25, 0.3) is 0 Å². The maximum atomic E-state index is 12.3. The van der Waals surface area contributed by atoms with Gasteiger partial charge in [-0.1, -0.05) is 18.2 Å². The lowest BCUT2D eigenvalue weighted by Gasteiger charge is -2.10. The number of carbonyl (C=O) groups is 1. The van der Waals surface area contributed by atoms with E-state index in [4.69, 9.17) is 9.47 Å². The number of rotatable bonds is 2. The quantitative estimate of drug-likeness (QED) is 0.922. The van der Waals surface area contributed by atoms with Gasteiger partial charge < -0.3 is 14.8 Å². The van der Waals surface area contributed by atoms with Crippen molar-refractivity contribution in [1.29, 1.82) is 0 Å². The summed E-state index contributed by atoms with van der Waals surface area (Å²) in [4.78, 5) is 12.3. The molecule has 1 aliphatic heterocycles. The van der Waals surface area contributed by atoms with Gasteiger partial charge in [0.25, 0.3) is 5.91 Å². The zero-order chi connectivity index (χ0) is 15.0. The van der Waals surface area contributed by atoms with Crippen LogP contribution in [-0.4, -0.2) is 19.1 Å². The highest BCUT2D eigenvalue weighted by Crippen LogP contribution is 2.49. The highest BCUT2D eigenvalue weighted by atomic mass is 16.5. The van der Waals surface area contributed by atoms with Gasteiger partial charge in [0.2, 0.25) is 0 Å². The number of carbonyl (C=O) groups excluding carboxylic acids is 1. The Morgan fingerprint density at radius 2 is 1.68 bits per heavy atom. The Kier molecular flexibility index (Phi) is 3.03. The minimum atomic E-state index is -0.150. The number of benzene rings is 2. The summed E-state index contributed by atoms with van der Waals surface area (Å²) in [6, 6.07) is 14.8. The molecular formula is C18H17NO3. The molecule has 0 unspecified atom stereocenters. The standard InChI is InChI=1S/C18H17NO3/c20-17(19-14-4-2-1-3-5-14)13-6-7-15-16(10-13)22-12-18(8-9-18)11-21-15/h1-7,10H,8-9,11-12H2,(H,19,20). The zero-order valence-corrected chi connectivity index (χ0v) is 12.2. The van der Waals surface area contributed by atoms with Crippen LogP contribution in [0.4, 0.5) is 5.69 Å². The lowest BCUT2D eigenvalue weighted by atomic mass is 10.1. The van der Waals surface area contributed by atoms with E-state index < -0.39 is 0 Å². The number of amides is 1. The smallest absolute Gasteiger partial charge is 0.255 e. The molecule has 1 aliphatic carbocycles. The van der Waals surface area contributed by atoms with Crippen LogP contribution in [0.1, 0.15) is 23.2 Å². The van der Waals surface area contributed by atoms with Gasteiger partial charge in [-0.25, -0.2) is 0 Å². The molecule has 4 rings (SSSR count). The second-order valence-electron chi connectivity index (χ2n) is 6.06. The Labute approximate surface area is 129 Å². The summed E-state index contributed by atoms with van der Waals surface area (Å²) >= 11 is 0. The molecule has 1 saturated carbocycles. The Balaban J connectivity index is 1.54. The van der Waals surface area contributed by atoms with Crippen LogP contribution in [0.2, 0.25) is 0 Å². The number of ether oxygens (including phenoxy) is 2. The lowest BCUT2D eigenvalue weighted by Crippen LogP contribution is -2.17. The van der Waals surface area contributed by atoms with Gasteiger partial charge in [-0.3, -0.25) is 4.79 Å². The third-order valence-corrected chi connectivity index (χ3v) is 4.26. The predicted octanol–water partition coefficient (Wildman–Crippen LogP) is 3.49. The lowest BCUT2D eigenvalue weighted by molar-refractivity contribution is 0.102. The van der Waals surface area contributed by atoms with E-state index in [0.29, 0.717) is 24.5 Å². The Morgan fingerprint density at radius 3 is 2.41 bits per heavy atom. The topological polar surface area (TPSA) is 47.6 Å². The van der Waals surface area contributed by atoms with Crippen molar-refractivity contribution >= 4 is 11.6 Å². The summed E-state index contributed by atoms with van der Waals surface area (Å²) in [6.07, 6.45) is 2.31. The normalized spacial score (nSPS) is 17.6. The van der Waals surface area contributed by atoms with Crippen molar-refractivity contribution in [1.82, 2.24) is 0 Å². The summed E-state index contributed by atoms with van der Waals surface area (Å²) in [5.41, 5.74) is 1.54. The van der Waals surface area contributed by atoms with Gasteiger partial charge in [0.15, 0.2) is 11.5 Å². The second-order valence-corrected chi connectivity index (χ2v) is 6.06. The molecule has 22 heavy (non-hydrogen) atoms. The first kappa shape index (κ1) is 13.2. The Morgan fingerprint density at radius 1 is 0.955 bits per heavy atom. The molecule has 2 aliphatic rings. The number of para-hydroxylation sites is 1. The molecule has 4 nitrogen and oxygen atoms in total. The van der Waals surface area contributed by atoms with Gasteiger partial charge in [0.1, 0.15) is 0 Å². The van der Waals surface area contributed by atoms with Crippen LogP contribution in [0.5, 0.6) is 11.5 Å². The first-order chi connectivity index (χ1) is 10.7. The Hall–Kier alpha value is -2.49. The number of fused-ring (bicyclic) bond motifs is 1. The summed E-state index contributed by atoms with van der Waals surface area (Å²) in [5, 5.41) is 2.87. The largest absolute Gasteiger partial charge is 0.489 e. The van der Waals surface area contributed by atoms with Gasteiger partial charge in [0, 0.05) is 16.7 Å². The molecular weight excluding hydrogens is 278 g/mol. The third kappa shape index (κ3) is 2.52. The molecule has 0 radical (unpaired) electrons. The molecule has 1 fully saturated rings. The average Bonchev–Trinajstić information content (AvgIpc) is 3.35. The van der Waals surface area contributed by atoms with E-state index in [1.165, 1.54) is 0 Å². The third-order valence-electron chi connectivity index (χ3n) is 4.26. The zero-order valence-electron chi connectivity index (χ0n) is 12.2. The summed E-state index contributed by atoms with van der Waals surface area (Å²) in [7, 11) is 0. The van der Waals surface area contributed by atoms with Crippen LogP contribution in [0.3, 0.4) is 0 Å². The van der Waals surface area contributed by atoms with E-state index in [2.05, 4.69) is 5.32 Å². The molecule has 1 amide bonds. The fourth-order valence-electron chi connectivity index (χ4n) is 2.57. The average molecular weight is 295 g/mol. The van der Waals surface area contributed by atoms with E-state index in [0.717, 1.165) is 24.3 Å². The minimum Gasteiger partial charge on any atom is -0.489 e. The van der Waals surface area contributed by atoms with E-state index in [-0.39, 0.29) is 11.3 Å². The molecule has 1 heterocycles. The van der Waals surface area contributed by atoms with Crippen molar-refractivity contribution in [3.63, 3.8) is 0 Å². The van der Waals surface area contributed by atoms with Gasteiger partial charge in [-0.2, -0.15) is 0 Å². The van der Waals surface area contributed by atoms with Crippen LogP contribution in [0, 0.1) is 5.41 Å². The molecule has 112 valence electrons. The monoisotopic (exact) mass is 295 g/mol. The van der Waals surface area contributed by atoms with E-state index in [1.54, 1.807) is 12.1 Å². The predicted molar refractivity (Wildman–Crippen MR) is 83.5 cm³/mol. The SMILES string of the molecule is O=C(Nc1ccccc1)c1ccc2c(c1)OCC1(CC1)CO2. The highest BCUT2D eigenvalue weighted by Gasteiger charge is 2.46. The summed E-state index contributed by atoms with van der Waals surface area (Å²) < 4.78 is 11.7. The summed E-state index contributed by atoms with van der Waals surface area (Å²) in [5.74, 6) is 1.23. The molecule has 1 spiro atoms. The summed E-state index contributed by atoms with van der Waals surface area (Å²) in [6.45, 7) is 1.37. The number of anilines is 1. The van der Waals surface area contributed by atoms with Gasteiger partial charge in [-0.15, -0.1) is 0 Å². The molecule has 0 atom stereocenters.